The van der Waals surface area contributed by atoms with E-state index < -0.39 is 16.1 Å². The lowest BCUT2D eigenvalue weighted by atomic mass is 10.0. The molecule has 3 aromatic rings. The second-order valence-corrected chi connectivity index (χ2v) is 7.59. The molecule has 1 unspecified atom stereocenters. The van der Waals surface area contributed by atoms with Crippen LogP contribution in [0.3, 0.4) is 0 Å². The number of rotatable bonds is 2. The van der Waals surface area contributed by atoms with Crippen molar-refractivity contribution in [1.29, 1.82) is 0 Å². The molecule has 7 nitrogen and oxygen atoms in total. The maximum absolute atomic E-state index is 13.0. The van der Waals surface area contributed by atoms with Crippen LogP contribution < -0.4 is 9.99 Å². The Kier molecular flexibility index (Phi) is 3.26. The van der Waals surface area contributed by atoms with Crippen molar-refractivity contribution in [2.24, 2.45) is 0 Å². The highest BCUT2D eigenvalue weighted by molar-refractivity contribution is 7.92. The second kappa shape index (κ2) is 5.22. The van der Waals surface area contributed by atoms with Crippen LogP contribution in [0.4, 0.5) is 5.69 Å². The van der Waals surface area contributed by atoms with Crippen LogP contribution in [0.1, 0.15) is 18.1 Å². The van der Waals surface area contributed by atoms with Gasteiger partial charge in [0.25, 0.3) is 10.0 Å². The number of aliphatic hydroxyl groups is 1. The lowest BCUT2D eigenvalue weighted by Gasteiger charge is -2.32. The molecule has 1 aliphatic rings. The third-order valence-corrected chi connectivity index (χ3v) is 6.05. The average molecular weight is 345 g/mol. The Morgan fingerprint density at radius 3 is 2.67 bits per heavy atom. The molecule has 8 heteroatoms. The van der Waals surface area contributed by atoms with Gasteiger partial charge in [-0.2, -0.15) is 0 Å². The van der Waals surface area contributed by atoms with Gasteiger partial charge in [-0.05, 0) is 30.7 Å². The first-order valence-electron chi connectivity index (χ1n) is 7.48. The van der Waals surface area contributed by atoms with Gasteiger partial charge in [0.05, 0.1) is 27.7 Å². The summed E-state index contributed by atoms with van der Waals surface area (Å²) >= 11 is 0. The third kappa shape index (κ3) is 2.22. The number of sulfonamides is 1. The minimum atomic E-state index is -3.79. The standard InChI is InChI=1S/C16H15N3O4S/c20-15-7-8-19(14-4-2-1-3-11(14)15)24(22,23)10-5-6-12-13(9-10)18-16(21)17-12/h1-6,9,15,20H,7-8H2,(H2,17,18,21). The first-order chi connectivity index (χ1) is 11.5. The minimum Gasteiger partial charge on any atom is -0.388 e. The predicted molar refractivity (Wildman–Crippen MR) is 89.5 cm³/mol. The van der Waals surface area contributed by atoms with Gasteiger partial charge in [-0.1, -0.05) is 18.2 Å². The summed E-state index contributed by atoms with van der Waals surface area (Å²) in [5.41, 5.74) is 1.69. The molecule has 1 aromatic heterocycles. The largest absolute Gasteiger partial charge is 0.388 e. The Hall–Kier alpha value is -2.58. The number of para-hydroxylation sites is 1. The maximum Gasteiger partial charge on any atom is 0.323 e. The number of fused-ring (bicyclic) bond motifs is 2. The van der Waals surface area contributed by atoms with Crippen LogP contribution >= 0.6 is 0 Å². The molecule has 0 bridgehead atoms. The Labute approximate surface area is 137 Å². The van der Waals surface area contributed by atoms with Crippen molar-refractivity contribution in [3.05, 3.63) is 58.5 Å². The highest BCUT2D eigenvalue weighted by Crippen LogP contribution is 2.36. The minimum absolute atomic E-state index is 0.0939. The van der Waals surface area contributed by atoms with E-state index in [0.29, 0.717) is 28.7 Å². The van der Waals surface area contributed by atoms with Crippen LogP contribution in [-0.4, -0.2) is 30.0 Å². The number of H-pyrrole nitrogens is 2. The molecular weight excluding hydrogens is 330 g/mol. The topological polar surface area (TPSA) is 106 Å². The highest BCUT2D eigenvalue weighted by Gasteiger charge is 2.32. The number of nitrogens with zero attached hydrogens (tertiary/aromatic N) is 1. The van der Waals surface area contributed by atoms with E-state index >= 15 is 0 Å². The maximum atomic E-state index is 13.0. The highest BCUT2D eigenvalue weighted by atomic mass is 32.2. The zero-order valence-corrected chi connectivity index (χ0v) is 13.4. The van der Waals surface area contributed by atoms with E-state index in [1.807, 2.05) is 0 Å². The molecule has 0 radical (unpaired) electrons. The molecule has 0 fully saturated rings. The SMILES string of the molecule is O=c1[nH]c2ccc(S(=O)(=O)N3CCC(O)c4ccccc43)cc2[nH]1. The number of imidazole rings is 1. The number of aromatic nitrogens is 2. The van der Waals surface area contributed by atoms with Crippen LogP contribution in [0.15, 0.2) is 52.2 Å². The van der Waals surface area contributed by atoms with Crippen molar-refractivity contribution in [2.45, 2.75) is 17.4 Å². The second-order valence-electron chi connectivity index (χ2n) is 5.73. The van der Waals surface area contributed by atoms with E-state index in [9.17, 15) is 18.3 Å². The van der Waals surface area contributed by atoms with Crippen molar-refractivity contribution in [3.63, 3.8) is 0 Å². The number of aliphatic hydroxyl groups excluding tert-OH is 1. The number of hydrogen-bond donors (Lipinski definition) is 3. The molecule has 0 spiro atoms. The molecule has 0 amide bonds. The lowest BCUT2D eigenvalue weighted by molar-refractivity contribution is 0.166. The summed E-state index contributed by atoms with van der Waals surface area (Å²) in [5.74, 6) is 0. The van der Waals surface area contributed by atoms with Crippen molar-refractivity contribution in [1.82, 2.24) is 9.97 Å². The first kappa shape index (κ1) is 15.0. The molecular formula is C16H15N3O4S. The summed E-state index contributed by atoms with van der Waals surface area (Å²) < 4.78 is 27.4. The molecule has 0 saturated carbocycles. The molecule has 4 rings (SSSR count). The number of benzene rings is 2. The number of nitrogens with one attached hydrogen (secondary N) is 2. The van der Waals surface area contributed by atoms with Gasteiger partial charge in [0.1, 0.15) is 0 Å². The van der Waals surface area contributed by atoms with Gasteiger partial charge in [-0.3, -0.25) is 4.31 Å². The normalized spacial score (nSPS) is 17.9. The quantitative estimate of drug-likeness (QED) is 0.654. The average Bonchev–Trinajstić information content (AvgIpc) is 2.94. The van der Waals surface area contributed by atoms with Gasteiger partial charge < -0.3 is 15.1 Å². The Morgan fingerprint density at radius 2 is 1.83 bits per heavy atom. The fourth-order valence-electron chi connectivity index (χ4n) is 3.06. The van der Waals surface area contributed by atoms with E-state index in [4.69, 9.17) is 0 Å². The van der Waals surface area contributed by atoms with Crippen LogP contribution in [0.5, 0.6) is 0 Å². The van der Waals surface area contributed by atoms with E-state index in [1.165, 1.54) is 16.4 Å². The fraction of sp³-hybridized carbons (Fsp3) is 0.188. The smallest absolute Gasteiger partial charge is 0.323 e. The summed E-state index contributed by atoms with van der Waals surface area (Å²) in [6.07, 6.45) is -0.337. The van der Waals surface area contributed by atoms with E-state index in [-0.39, 0.29) is 17.1 Å². The Morgan fingerprint density at radius 1 is 1.08 bits per heavy atom. The fourth-order valence-corrected chi connectivity index (χ4v) is 4.59. The van der Waals surface area contributed by atoms with Crippen LogP contribution in [0.25, 0.3) is 11.0 Å². The van der Waals surface area contributed by atoms with Crippen LogP contribution in [0, 0.1) is 0 Å². The zero-order valence-electron chi connectivity index (χ0n) is 12.6. The molecule has 1 atom stereocenters. The molecule has 2 aromatic carbocycles. The number of hydrogen-bond acceptors (Lipinski definition) is 4. The predicted octanol–water partition coefficient (Wildman–Crippen LogP) is 1.49. The molecule has 1 aliphatic heterocycles. The van der Waals surface area contributed by atoms with Crippen molar-refractivity contribution in [3.8, 4) is 0 Å². The summed E-state index contributed by atoms with van der Waals surface area (Å²) in [4.78, 5) is 16.6. The van der Waals surface area contributed by atoms with Crippen molar-refractivity contribution in [2.75, 3.05) is 10.8 Å². The Bertz CT molecular complexity index is 1080. The molecule has 0 saturated heterocycles. The van der Waals surface area contributed by atoms with Gasteiger partial charge in [-0.25, -0.2) is 13.2 Å². The van der Waals surface area contributed by atoms with E-state index in [1.54, 1.807) is 30.3 Å². The van der Waals surface area contributed by atoms with Crippen LogP contribution in [0.2, 0.25) is 0 Å². The summed E-state index contributed by atoms with van der Waals surface area (Å²) in [6.45, 7) is 0.197. The monoisotopic (exact) mass is 345 g/mol. The number of aromatic amines is 2. The van der Waals surface area contributed by atoms with Gasteiger partial charge in [0, 0.05) is 12.1 Å². The van der Waals surface area contributed by atoms with Gasteiger partial charge in [-0.15, -0.1) is 0 Å². The molecule has 0 aliphatic carbocycles. The third-order valence-electron chi connectivity index (χ3n) is 4.25. The number of anilines is 1. The van der Waals surface area contributed by atoms with E-state index in [0.717, 1.165) is 0 Å². The Balaban J connectivity index is 1.85. The van der Waals surface area contributed by atoms with Gasteiger partial charge in [0.2, 0.25) is 0 Å². The van der Waals surface area contributed by atoms with Gasteiger partial charge >= 0.3 is 5.69 Å². The lowest BCUT2D eigenvalue weighted by Crippen LogP contribution is -2.36. The van der Waals surface area contributed by atoms with Gasteiger partial charge in [0.15, 0.2) is 0 Å². The molecule has 2 heterocycles. The molecule has 3 N–H and O–H groups in total. The van der Waals surface area contributed by atoms with Crippen molar-refractivity contribution < 1.29 is 13.5 Å². The summed E-state index contributed by atoms with van der Waals surface area (Å²) in [7, 11) is -3.79. The molecule has 124 valence electrons. The molecule has 24 heavy (non-hydrogen) atoms. The summed E-state index contributed by atoms with van der Waals surface area (Å²) in [5, 5.41) is 10.1. The summed E-state index contributed by atoms with van der Waals surface area (Å²) in [6, 6.07) is 11.4. The van der Waals surface area contributed by atoms with E-state index in [2.05, 4.69) is 9.97 Å². The zero-order chi connectivity index (χ0) is 16.9. The first-order valence-corrected chi connectivity index (χ1v) is 8.92. The van der Waals surface area contributed by atoms with Crippen LogP contribution in [-0.2, 0) is 10.0 Å². The van der Waals surface area contributed by atoms with Crippen molar-refractivity contribution >= 4 is 26.7 Å².